The second-order valence-electron chi connectivity index (χ2n) is 3.46. The molecule has 0 bridgehead atoms. The molecule has 0 aromatic heterocycles. The zero-order valence-corrected chi connectivity index (χ0v) is 9.12. The van der Waals surface area contributed by atoms with Crippen LogP contribution in [0.4, 0.5) is 0 Å². The summed E-state index contributed by atoms with van der Waals surface area (Å²) in [5.74, 6) is 0.103. The monoisotopic (exact) mass is 199 g/mol. The summed E-state index contributed by atoms with van der Waals surface area (Å²) in [5.41, 5.74) is 5.54. The lowest BCUT2D eigenvalue weighted by molar-refractivity contribution is -0.129. The minimum Gasteiger partial charge on any atom is -0.349 e. The fourth-order valence-electron chi connectivity index (χ4n) is 1.02. The molecule has 0 saturated heterocycles. The van der Waals surface area contributed by atoms with E-state index in [9.17, 15) is 4.79 Å². The van der Waals surface area contributed by atoms with Gasteiger partial charge in [-0.15, -0.1) is 6.58 Å². The Bertz CT molecular complexity index is 180. The fourth-order valence-corrected chi connectivity index (χ4v) is 1.02. The van der Waals surface area contributed by atoms with Crippen LogP contribution in [0.15, 0.2) is 12.7 Å². The standard InChI is InChI=1S/C10H21N3O/c1-4-5-6-12-9(8-11)7-10(14)13(2)3/h4,9,12H,1,5-8,11H2,2-3H3. The number of nitrogens with zero attached hydrogens (tertiary/aromatic N) is 1. The van der Waals surface area contributed by atoms with E-state index >= 15 is 0 Å². The summed E-state index contributed by atoms with van der Waals surface area (Å²) in [4.78, 5) is 12.9. The Kier molecular flexibility index (Phi) is 7.06. The molecular weight excluding hydrogens is 178 g/mol. The van der Waals surface area contributed by atoms with E-state index in [4.69, 9.17) is 5.73 Å². The van der Waals surface area contributed by atoms with Crippen molar-refractivity contribution in [3.05, 3.63) is 12.7 Å². The molecule has 0 heterocycles. The van der Waals surface area contributed by atoms with Crippen LogP contribution in [0.3, 0.4) is 0 Å². The van der Waals surface area contributed by atoms with E-state index < -0.39 is 0 Å². The van der Waals surface area contributed by atoms with Crippen molar-refractivity contribution in [3.63, 3.8) is 0 Å². The zero-order chi connectivity index (χ0) is 11.0. The quantitative estimate of drug-likeness (QED) is 0.447. The molecule has 0 rings (SSSR count). The van der Waals surface area contributed by atoms with Gasteiger partial charge in [-0.25, -0.2) is 0 Å². The van der Waals surface area contributed by atoms with Gasteiger partial charge < -0.3 is 16.0 Å². The average Bonchev–Trinajstić information content (AvgIpc) is 2.16. The van der Waals surface area contributed by atoms with E-state index in [1.165, 1.54) is 0 Å². The lowest BCUT2D eigenvalue weighted by Crippen LogP contribution is -2.40. The summed E-state index contributed by atoms with van der Waals surface area (Å²) in [7, 11) is 3.50. The van der Waals surface area contributed by atoms with E-state index in [2.05, 4.69) is 11.9 Å². The number of hydrogen-bond donors (Lipinski definition) is 2. The molecule has 0 radical (unpaired) electrons. The first-order valence-electron chi connectivity index (χ1n) is 4.86. The van der Waals surface area contributed by atoms with Crippen LogP contribution in [-0.2, 0) is 4.79 Å². The summed E-state index contributed by atoms with van der Waals surface area (Å²) in [6, 6.07) is 0.0739. The topological polar surface area (TPSA) is 58.4 Å². The maximum Gasteiger partial charge on any atom is 0.223 e. The summed E-state index contributed by atoms with van der Waals surface area (Å²) in [6.07, 6.45) is 3.20. The van der Waals surface area contributed by atoms with Crippen LogP contribution in [0.1, 0.15) is 12.8 Å². The molecule has 1 amide bonds. The van der Waals surface area contributed by atoms with Crippen LogP contribution in [0.5, 0.6) is 0 Å². The zero-order valence-electron chi connectivity index (χ0n) is 9.12. The van der Waals surface area contributed by atoms with Crippen LogP contribution in [-0.4, -0.2) is 44.0 Å². The first kappa shape index (κ1) is 13.1. The number of hydrogen-bond acceptors (Lipinski definition) is 3. The van der Waals surface area contributed by atoms with Crippen molar-refractivity contribution >= 4 is 5.91 Å². The lowest BCUT2D eigenvalue weighted by Gasteiger charge is -2.18. The Balaban J connectivity index is 3.78. The van der Waals surface area contributed by atoms with Gasteiger partial charge >= 0.3 is 0 Å². The molecule has 82 valence electrons. The Morgan fingerprint density at radius 2 is 2.29 bits per heavy atom. The third-order valence-electron chi connectivity index (χ3n) is 1.99. The molecule has 0 spiro atoms. The predicted molar refractivity (Wildman–Crippen MR) is 59.0 cm³/mol. The highest BCUT2D eigenvalue weighted by Crippen LogP contribution is 1.94. The van der Waals surface area contributed by atoms with Crippen LogP contribution < -0.4 is 11.1 Å². The first-order valence-corrected chi connectivity index (χ1v) is 4.86. The maximum atomic E-state index is 11.4. The van der Waals surface area contributed by atoms with Crippen LogP contribution in [0.25, 0.3) is 0 Å². The van der Waals surface area contributed by atoms with Crippen molar-refractivity contribution in [2.45, 2.75) is 18.9 Å². The van der Waals surface area contributed by atoms with Crippen molar-refractivity contribution in [1.29, 1.82) is 0 Å². The lowest BCUT2D eigenvalue weighted by atomic mass is 10.2. The highest BCUT2D eigenvalue weighted by molar-refractivity contribution is 5.76. The molecule has 0 aromatic rings. The molecule has 0 aliphatic carbocycles. The van der Waals surface area contributed by atoms with Gasteiger partial charge in [0, 0.05) is 33.1 Å². The number of rotatable bonds is 7. The first-order chi connectivity index (χ1) is 6.61. The molecule has 4 heteroatoms. The van der Waals surface area contributed by atoms with Crippen LogP contribution >= 0.6 is 0 Å². The van der Waals surface area contributed by atoms with Gasteiger partial charge in [0.1, 0.15) is 0 Å². The van der Waals surface area contributed by atoms with Gasteiger partial charge in [-0.3, -0.25) is 4.79 Å². The molecule has 1 unspecified atom stereocenters. The molecule has 0 aliphatic heterocycles. The molecule has 0 saturated carbocycles. The number of carbonyl (C=O) groups is 1. The smallest absolute Gasteiger partial charge is 0.223 e. The van der Waals surface area contributed by atoms with Crippen molar-refractivity contribution in [2.75, 3.05) is 27.2 Å². The molecule has 14 heavy (non-hydrogen) atoms. The van der Waals surface area contributed by atoms with Crippen LogP contribution in [0.2, 0.25) is 0 Å². The summed E-state index contributed by atoms with van der Waals surface area (Å²) >= 11 is 0. The third kappa shape index (κ3) is 5.72. The van der Waals surface area contributed by atoms with E-state index in [0.29, 0.717) is 13.0 Å². The highest BCUT2D eigenvalue weighted by Gasteiger charge is 2.12. The average molecular weight is 199 g/mol. The van der Waals surface area contributed by atoms with E-state index in [1.807, 2.05) is 6.08 Å². The maximum absolute atomic E-state index is 11.4. The normalized spacial score (nSPS) is 12.2. The molecule has 4 nitrogen and oxygen atoms in total. The van der Waals surface area contributed by atoms with Gasteiger partial charge in [-0.2, -0.15) is 0 Å². The van der Waals surface area contributed by atoms with Gasteiger partial charge in [0.25, 0.3) is 0 Å². The number of nitrogens with two attached hydrogens (primary N) is 1. The predicted octanol–water partition coefficient (Wildman–Crippen LogP) is -0.0423. The largest absolute Gasteiger partial charge is 0.349 e. The second-order valence-corrected chi connectivity index (χ2v) is 3.46. The van der Waals surface area contributed by atoms with Gasteiger partial charge in [-0.05, 0) is 13.0 Å². The minimum absolute atomic E-state index is 0.0739. The summed E-state index contributed by atoms with van der Waals surface area (Å²) < 4.78 is 0. The minimum atomic E-state index is 0.0739. The van der Waals surface area contributed by atoms with Crippen molar-refractivity contribution in [3.8, 4) is 0 Å². The van der Waals surface area contributed by atoms with E-state index in [-0.39, 0.29) is 11.9 Å². The Morgan fingerprint density at radius 1 is 1.64 bits per heavy atom. The highest BCUT2D eigenvalue weighted by atomic mass is 16.2. The summed E-state index contributed by atoms with van der Waals surface area (Å²) in [6.45, 7) is 4.93. The van der Waals surface area contributed by atoms with Gasteiger partial charge in [0.2, 0.25) is 5.91 Å². The number of amides is 1. The van der Waals surface area contributed by atoms with Gasteiger partial charge in [0.05, 0.1) is 0 Å². The fraction of sp³-hybridized carbons (Fsp3) is 0.700. The van der Waals surface area contributed by atoms with Gasteiger partial charge in [-0.1, -0.05) is 6.08 Å². The summed E-state index contributed by atoms with van der Waals surface area (Å²) in [5, 5.41) is 3.21. The van der Waals surface area contributed by atoms with Gasteiger partial charge in [0.15, 0.2) is 0 Å². The molecule has 1 atom stereocenters. The van der Waals surface area contributed by atoms with E-state index in [0.717, 1.165) is 13.0 Å². The van der Waals surface area contributed by atoms with Crippen molar-refractivity contribution in [1.82, 2.24) is 10.2 Å². The number of nitrogens with one attached hydrogen (secondary N) is 1. The molecule has 3 N–H and O–H groups in total. The second kappa shape index (κ2) is 7.53. The Hall–Kier alpha value is -0.870. The van der Waals surface area contributed by atoms with Crippen LogP contribution in [0, 0.1) is 0 Å². The molecule has 0 fully saturated rings. The molecule has 0 aliphatic rings. The molecular formula is C10H21N3O. The SMILES string of the molecule is C=CCCNC(CN)CC(=O)N(C)C. The third-order valence-corrected chi connectivity index (χ3v) is 1.99. The van der Waals surface area contributed by atoms with E-state index in [1.54, 1.807) is 19.0 Å². The molecule has 0 aromatic carbocycles. The Labute approximate surface area is 86.1 Å². The van der Waals surface area contributed by atoms with Crippen molar-refractivity contribution in [2.24, 2.45) is 5.73 Å². The number of carbonyl (C=O) groups excluding carboxylic acids is 1. The Morgan fingerprint density at radius 3 is 2.71 bits per heavy atom. The van der Waals surface area contributed by atoms with Crippen molar-refractivity contribution < 1.29 is 4.79 Å².